The van der Waals surface area contributed by atoms with Crippen LogP contribution >= 0.6 is 11.6 Å². The quantitative estimate of drug-likeness (QED) is 0.789. The Hall–Kier alpha value is -1.67. The second-order valence-corrected chi connectivity index (χ2v) is 7.87. The van der Waals surface area contributed by atoms with Crippen LogP contribution in [0.5, 0.6) is 0 Å². The third-order valence-corrected chi connectivity index (χ3v) is 6.28. The third-order valence-electron chi connectivity index (χ3n) is 5.98. The van der Waals surface area contributed by atoms with Gasteiger partial charge in [-0.15, -0.1) is 0 Å². The van der Waals surface area contributed by atoms with Crippen LogP contribution < -0.4 is 16.0 Å². The SMILES string of the molecule is NC(=O)c1cc(Cl)c2c(c1)N(CCN1CCOCC1)C(=O)C21CCNCC1. The molecule has 146 valence electrons. The maximum absolute atomic E-state index is 13.5. The van der Waals surface area contributed by atoms with E-state index < -0.39 is 11.3 Å². The topological polar surface area (TPSA) is 87.9 Å². The first-order chi connectivity index (χ1) is 13.0. The lowest BCUT2D eigenvalue weighted by atomic mass is 9.74. The maximum atomic E-state index is 13.5. The Morgan fingerprint density at radius 2 is 1.93 bits per heavy atom. The molecule has 2 saturated heterocycles. The predicted octanol–water partition coefficient (Wildman–Crippen LogP) is 0.739. The van der Waals surface area contributed by atoms with E-state index in [2.05, 4.69) is 10.2 Å². The first-order valence-electron chi connectivity index (χ1n) is 9.49. The lowest BCUT2D eigenvalue weighted by molar-refractivity contribution is -0.124. The van der Waals surface area contributed by atoms with Crippen molar-refractivity contribution < 1.29 is 14.3 Å². The fourth-order valence-corrected chi connectivity index (χ4v) is 4.90. The zero-order valence-electron chi connectivity index (χ0n) is 15.3. The Kier molecular flexibility index (Phi) is 5.11. The molecule has 1 spiro atoms. The highest BCUT2D eigenvalue weighted by molar-refractivity contribution is 6.33. The molecule has 27 heavy (non-hydrogen) atoms. The third kappa shape index (κ3) is 3.23. The van der Waals surface area contributed by atoms with Crippen LogP contribution in [-0.2, 0) is 14.9 Å². The number of carbonyl (C=O) groups excluding carboxylic acids is 2. The van der Waals surface area contributed by atoms with E-state index in [1.807, 2.05) is 4.90 Å². The number of carbonyl (C=O) groups is 2. The number of benzene rings is 1. The fourth-order valence-electron chi connectivity index (χ4n) is 4.50. The van der Waals surface area contributed by atoms with Crippen LogP contribution in [-0.4, -0.2) is 69.2 Å². The van der Waals surface area contributed by atoms with Gasteiger partial charge in [-0.1, -0.05) is 11.6 Å². The number of anilines is 1. The van der Waals surface area contributed by atoms with Gasteiger partial charge in [0.2, 0.25) is 11.8 Å². The normalized spacial score (nSPS) is 22.3. The van der Waals surface area contributed by atoms with Gasteiger partial charge in [-0.2, -0.15) is 0 Å². The largest absolute Gasteiger partial charge is 0.379 e. The molecule has 3 aliphatic heterocycles. The van der Waals surface area contributed by atoms with E-state index in [0.29, 0.717) is 30.0 Å². The molecule has 0 unspecified atom stereocenters. The molecule has 0 bridgehead atoms. The van der Waals surface area contributed by atoms with Gasteiger partial charge in [-0.3, -0.25) is 14.5 Å². The standard InChI is InChI=1S/C19H25ClN4O3/c20-14-11-13(17(21)25)12-15-16(14)19(1-3-22-4-2-19)18(26)24(15)6-5-23-7-9-27-10-8-23/h11-12,22H,1-10H2,(H2,21,25). The summed E-state index contributed by atoms with van der Waals surface area (Å²) < 4.78 is 5.40. The number of morpholine rings is 1. The summed E-state index contributed by atoms with van der Waals surface area (Å²) in [5.74, 6) is -0.442. The van der Waals surface area contributed by atoms with Gasteiger partial charge in [0, 0.05) is 42.3 Å². The number of nitrogens with one attached hydrogen (secondary N) is 1. The van der Waals surface area contributed by atoms with E-state index in [1.165, 1.54) is 0 Å². The van der Waals surface area contributed by atoms with Crippen molar-refractivity contribution in [1.82, 2.24) is 10.2 Å². The number of amides is 2. The molecule has 0 aliphatic carbocycles. The van der Waals surface area contributed by atoms with Gasteiger partial charge in [0.25, 0.3) is 0 Å². The second-order valence-electron chi connectivity index (χ2n) is 7.46. The Morgan fingerprint density at radius 1 is 1.22 bits per heavy atom. The Bertz CT molecular complexity index is 758. The van der Waals surface area contributed by atoms with Crippen LogP contribution in [0.4, 0.5) is 5.69 Å². The summed E-state index contributed by atoms with van der Waals surface area (Å²) in [6.07, 6.45) is 1.42. The molecule has 0 saturated carbocycles. The van der Waals surface area contributed by atoms with Crippen molar-refractivity contribution in [2.45, 2.75) is 18.3 Å². The second kappa shape index (κ2) is 7.39. The number of nitrogens with zero attached hydrogens (tertiary/aromatic N) is 2. The van der Waals surface area contributed by atoms with Crippen molar-refractivity contribution >= 4 is 29.1 Å². The highest BCUT2D eigenvalue weighted by Crippen LogP contribution is 2.50. The summed E-state index contributed by atoms with van der Waals surface area (Å²) in [7, 11) is 0. The predicted molar refractivity (Wildman–Crippen MR) is 103 cm³/mol. The van der Waals surface area contributed by atoms with Gasteiger partial charge in [0.1, 0.15) is 0 Å². The molecule has 7 nitrogen and oxygen atoms in total. The van der Waals surface area contributed by atoms with Gasteiger partial charge in [0.15, 0.2) is 0 Å². The Morgan fingerprint density at radius 3 is 2.59 bits per heavy atom. The Labute approximate surface area is 163 Å². The van der Waals surface area contributed by atoms with Crippen LogP contribution in [0.3, 0.4) is 0 Å². The maximum Gasteiger partial charge on any atom is 0.248 e. The van der Waals surface area contributed by atoms with Crippen molar-refractivity contribution in [2.24, 2.45) is 5.73 Å². The van der Waals surface area contributed by atoms with E-state index >= 15 is 0 Å². The van der Waals surface area contributed by atoms with Gasteiger partial charge in [-0.05, 0) is 38.1 Å². The summed E-state index contributed by atoms with van der Waals surface area (Å²) in [5, 5.41) is 3.79. The molecule has 2 amide bonds. The van der Waals surface area contributed by atoms with E-state index in [-0.39, 0.29) is 5.91 Å². The molecule has 0 radical (unpaired) electrons. The van der Waals surface area contributed by atoms with Gasteiger partial charge in [-0.25, -0.2) is 0 Å². The van der Waals surface area contributed by atoms with Gasteiger partial charge < -0.3 is 20.7 Å². The van der Waals surface area contributed by atoms with Crippen LogP contribution in [0.15, 0.2) is 12.1 Å². The van der Waals surface area contributed by atoms with Crippen molar-refractivity contribution in [2.75, 3.05) is 57.4 Å². The number of hydrogen-bond acceptors (Lipinski definition) is 5. The summed E-state index contributed by atoms with van der Waals surface area (Å²) in [5.41, 5.74) is 6.84. The monoisotopic (exact) mass is 392 g/mol. The minimum Gasteiger partial charge on any atom is -0.379 e. The Balaban J connectivity index is 1.69. The number of hydrogen-bond donors (Lipinski definition) is 2. The first kappa shape index (κ1) is 18.7. The molecule has 0 atom stereocenters. The van der Waals surface area contributed by atoms with E-state index in [1.54, 1.807) is 12.1 Å². The molecule has 2 fully saturated rings. The molecule has 3 aliphatic rings. The summed E-state index contributed by atoms with van der Waals surface area (Å²) >= 11 is 6.59. The number of primary amides is 1. The fraction of sp³-hybridized carbons (Fsp3) is 0.579. The van der Waals surface area contributed by atoms with Crippen molar-refractivity contribution in [3.8, 4) is 0 Å². The smallest absolute Gasteiger partial charge is 0.248 e. The van der Waals surface area contributed by atoms with Crippen LogP contribution in [0.25, 0.3) is 0 Å². The first-order valence-corrected chi connectivity index (χ1v) is 9.87. The average Bonchev–Trinajstić information content (AvgIpc) is 2.90. The molecule has 1 aromatic carbocycles. The summed E-state index contributed by atoms with van der Waals surface area (Å²) in [6, 6.07) is 3.34. The number of piperidine rings is 1. The number of halogens is 1. The zero-order valence-corrected chi connectivity index (χ0v) is 16.1. The molecular weight excluding hydrogens is 368 g/mol. The summed E-state index contributed by atoms with van der Waals surface area (Å²) in [6.45, 7) is 6.06. The molecule has 8 heteroatoms. The highest BCUT2D eigenvalue weighted by Gasteiger charge is 2.52. The number of nitrogens with two attached hydrogens (primary N) is 1. The number of ether oxygens (including phenoxy) is 1. The van der Waals surface area contributed by atoms with Crippen LogP contribution in [0, 0.1) is 0 Å². The van der Waals surface area contributed by atoms with Crippen molar-refractivity contribution in [1.29, 1.82) is 0 Å². The number of fused-ring (bicyclic) bond motifs is 2. The lowest BCUT2D eigenvalue weighted by Gasteiger charge is -2.34. The van der Waals surface area contributed by atoms with Gasteiger partial charge >= 0.3 is 0 Å². The average molecular weight is 393 g/mol. The van der Waals surface area contributed by atoms with E-state index in [0.717, 1.165) is 57.2 Å². The van der Waals surface area contributed by atoms with Crippen molar-refractivity contribution in [3.63, 3.8) is 0 Å². The van der Waals surface area contributed by atoms with E-state index in [9.17, 15) is 9.59 Å². The molecule has 3 heterocycles. The van der Waals surface area contributed by atoms with E-state index in [4.69, 9.17) is 22.1 Å². The minimum absolute atomic E-state index is 0.0933. The molecule has 0 aromatic heterocycles. The molecule has 4 rings (SSSR count). The van der Waals surface area contributed by atoms with Crippen molar-refractivity contribution in [3.05, 3.63) is 28.3 Å². The summed E-state index contributed by atoms with van der Waals surface area (Å²) in [4.78, 5) is 29.4. The zero-order chi connectivity index (χ0) is 19.0. The lowest BCUT2D eigenvalue weighted by Crippen LogP contribution is -2.49. The highest BCUT2D eigenvalue weighted by atomic mass is 35.5. The molecule has 1 aromatic rings. The van der Waals surface area contributed by atoms with Crippen LogP contribution in [0.1, 0.15) is 28.8 Å². The van der Waals surface area contributed by atoms with Crippen LogP contribution in [0.2, 0.25) is 5.02 Å². The molecular formula is C19H25ClN4O3. The molecule has 3 N–H and O–H groups in total. The minimum atomic E-state index is -0.598. The van der Waals surface area contributed by atoms with Gasteiger partial charge in [0.05, 0.1) is 24.3 Å². The number of rotatable bonds is 4.